The minimum absolute atomic E-state index is 0.396. The van der Waals surface area contributed by atoms with E-state index in [4.69, 9.17) is 4.74 Å². The molecule has 0 aliphatic carbocycles. The maximum Gasteiger partial charge on any atom is 0.334 e. The summed E-state index contributed by atoms with van der Waals surface area (Å²) in [6, 6.07) is 0. The minimum atomic E-state index is -0.396. The molecule has 2 heteroatoms. The molecule has 0 aromatic heterocycles. The molecule has 0 aromatic carbocycles. The maximum absolute atomic E-state index is 10.7. The normalized spacial score (nSPS) is 12.7. The van der Waals surface area contributed by atoms with Gasteiger partial charge in [-0.2, -0.15) is 0 Å². The summed E-state index contributed by atoms with van der Waals surface area (Å²) in [5.74, 6) is 0.316. The van der Waals surface area contributed by atoms with Crippen LogP contribution in [0.5, 0.6) is 0 Å². The van der Waals surface area contributed by atoms with E-state index in [2.05, 4.69) is 20.4 Å². The van der Waals surface area contributed by atoms with Crippen molar-refractivity contribution in [2.24, 2.45) is 5.92 Å². The molecule has 1 unspecified atom stereocenters. The van der Waals surface area contributed by atoms with Crippen LogP contribution in [0.1, 0.15) is 46.0 Å². The van der Waals surface area contributed by atoms with Crippen LogP contribution in [0.15, 0.2) is 25.0 Å². The van der Waals surface area contributed by atoms with Crippen molar-refractivity contribution in [2.75, 3.05) is 0 Å². The van der Waals surface area contributed by atoms with Crippen LogP contribution in [0.2, 0.25) is 0 Å². The van der Waals surface area contributed by atoms with Crippen molar-refractivity contribution in [3.63, 3.8) is 0 Å². The second-order valence-electron chi connectivity index (χ2n) is 3.67. The molecular formula is C13H22O2. The lowest BCUT2D eigenvalue weighted by Gasteiger charge is -2.10. The van der Waals surface area contributed by atoms with Crippen LogP contribution >= 0.6 is 0 Å². The van der Waals surface area contributed by atoms with Crippen molar-refractivity contribution in [1.29, 1.82) is 0 Å². The number of carbonyl (C=O) groups excluding carboxylic acids is 1. The summed E-state index contributed by atoms with van der Waals surface area (Å²) in [5.41, 5.74) is 0. The fourth-order valence-corrected chi connectivity index (χ4v) is 1.39. The largest absolute Gasteiger partial charge is 0.432 e. The molecule has 0 amide bonds. The molecule has 0 bridgehead atoms. The van der Waals surface area contributed by atoms with Crippen LogP contribution in [0.3, 0.4) is 0 Å². The number of hydrogen-bond acceptors (Lipinski definition) is 2. The smallest absolute Gasteiger partial charge is 0.334 e. The third-order valence-corrected chi connectivity index (χ3v) is 2.46. The van der Waals surface area contributed by atoms with Gasteiger partial charge < -0.3 is 4.74 Å². The molecule has 2 nitrogen and oxygen atoms in total. The van der Waals surface area contributed by atoms with Crippen molar-refractivity contribution in [3.8, 4) is 0 Å². The van der Waals surface area contributed by atoms with E-state index in [0.29, 0.717) is 5.92 Å². The molecule has 0 radical (unpaired) electrons. The molecule has 0 aliphatic rings. The predicted octanol–water partition coefficient (Wildman–Crippen LogP) is 3.84. The molecule has 0 N–H and O–H groups in total. The summed E-state index contributed by atoms with van der Waals surface area (Å²) in [4.78, 5) is 10.7. The van der Waals surface area contributed by atoms with Gasteiger partial charge in [-0.15, -0.1) is 0 Å². The Bertz CT molecular complexity index is 207. The second-order valence-corrected chi connectivity index (χ2v) is 3.67. The highest BCUT2D eigenvalue weighted by Crippen LogP contribution is 2.16. The number of ether oxygens (including phenoxy) is 1. The van der Waals surface area contributed by atoms with Crippen LogP contribution in [0.25, 0.3) is 0 Å². The quantitative estimate of drug-likeness (QED) is 0.346. The first-order chi connectivity index (χ1) is 7.24. The average molecular weight is 210 g/mol. The number of esters is 1. The highest BCUT2D eigenvalue weighted by Gasteiger charge is 2.02. The van der Waals surface area contributed by atoms with E-state index in [1.165, 1.54) is 38.0 Å². The molecular weight excluding hydrogens is 188 g/mol. The van der Waals surface area contributed by atoms with Gasteiger partial charge in [0.15, 0.2) is 0 Å². The lowest BCUT2D eigenvalue weighted by atomic mass is 9.96. The average Bonchev–Trinajstić information content (AvgIpc) is 2.27. The standard InChI is InChI=1S/C13H22O2/c1-4-7-9-12(5-2)10-8-11-15-13(14)6-3/h6,8,11-12H,3-5,7,9-10H2,1-2H3. The van der Waals surface area contributed by atoms with Gasteiger partial charge in [-0.1, -0.05) is 46.1 Å². The molecule has 0 rings (SSSR count). The first-order valence-corrected chi connectivity index (χ1v) is 5.72. The topological polar surface area (TPSA) is 26.3 Å². The second kappa shape index (κ2) is 9.50. The fourth-order valence-electron chi connectivity index (χ4n) is 1.39. The lowest BCUT2D eigenvalue weighted by Crippen LogP contribution is -1.97. The van der Waals surface area contributed by atoms with Gasteiger partial charge in [0.1, 0.15) is 0 Å². The van der Waals surface area contributed by atoms with Crippen LogP contribution < -0.4 is 0 Å². The zero-order valence-electron chi connectivity index (χ0n) is 9.87. The summed E-state index contributed by atoms with van der Waals surface area (Å²) >= 11 is 0. The predicted molar refractivity (Wildman–Crippen MR) is 63.4 cm³/mol. The van der Waals surface area contributed by atoms with E-state index >= 15 is 0 Å². The molecule has 0 aliphatic heterocycles. The molecule has 0 aromatic rings. The van der Waals surface area contributed by atoms with Crippen LogP contribution in [0.4, 0.5) is 0 Å². The Morgan fingerprint density at radius 1 is 1.47 bits per heavy atom. The summed E-state index contributed by atoms with van der Waals surface area (Å²) in [7, 11) is 0. The van der Waals surface area contributed by atoms with E-state index in [-0.39, 0.29) is 0 Å². The zero-order valence-corrected chi connectivity index (χ0v) is 9.87. The maximum atomic E-state index is 10.7. The monoisotopic (exact) mass is 210 g/mol. The van der Waals surface area contributed by atoms with Gasteiger partial charge >= 0.3 is 5.97 Å². The van der Waals surface area contributed by atoms with E-state index in [9.17, 15) is 4.79 Å². The molecule has 0 heterocycles. The van der Waals surface area contributed by atoms with E-state index in [0.717, 1.165) is 6.42 Å². The van der Waals surface area contributed by atoms with Crippen molar-refractivity contribution < 1.29 is 9.53 Å². The van der Waals surface area contributed by atoms with Gasteiger partial charge in [0.25, 0.3) is 0 Å². The first-order valence-electron chi connectivity index (χ1n) is 5.72. The molecule has 86 valence electrons. The number of hydrogen-bond donors (Lipinski definition) is 0. The van der Waals surface area contributed by atoms with Crippen LogP contribution in [-0.4, -0.2) is 5.97 Å². The summed E-state index contributed by atoms with van der Waals surface area (Å²) in [6.07, 6.45) is 10.5. The van der Waals surface area contributed by atoms with Gasteiger partial charge in [-0.05, 0) is 18.4 Å². The van der Waals surface area contributed by atoms with Gasteiger partial charge in [-0.25, -0.2) is 4.79 Å². The van der Waals surface area contributed by atoms with Crippen molar-refractivity contribution in [2.45, 2.75) is 46.0 Å². The van der Waals surface area contributed by atoms with Gasteiger partial charge in [-0.3, -0.25) is 0 Å². The first kappa shape index (κ1) is 13.9. The molecule has 0 fully saturated rings. The Balaban J connectivity index is 3.69. The molecule has 1 atom stereocenters. The van der Waals surface area contributed by atoms with E-state index in [1.54, 1.807) is 0 Å². The molecule has 0 spiro atoms. The Morgan fingerprint density at radius 3 is 2.73 bits per heavy atom. The van der Waals surface area contributed by atoms with Crippen molar-refractivity contribution >= 4 is 5.97 Å². The third kappa shape index (κ3) is 7.98. The van der Waals surface area contributed by atoms with E-state index in [1.807, 2.05) is 6.08 Å². The molecule has 0 saturated heterocycles. The highest BCUT2D eigenvalue weighted by atomic mass is 16.5. The lowest BCUT2D eigenvalue weighted by molar-refractivity contribution is -0.132. The Hall–Kier alpha value is -1.05. The van der Waals surface area contributed by atoms with E-state index < -0.39 is 5.97 Å². The number of rotatable bonds is 8. The highest BCUT2D eigenvalue weighted by molar-refractivity contribution is 5.81. The number of allylic oxidation sites excluding steroid dienone is 1. The number of carbonyl (C=O) groups is 1. The van der Waals surface area contributed by atoms with Crippen LogP contribution in [-0.2, 0) is 9.53 Å². The Morgan fingerprint density at radius 2 is 2.20 bits per heavy atom. The van der Waals surface area contributed by atoms with Gasteiger partial charge in [0.2, 0.25) is 0 Å². The number of unbranched alkanes of at least 4 members (excludes halogenated alkanes) is 1. The fraction of sp³-hybridized carbons (Fsp3) is 0.615. The molecule has 0 saturated carbocycles. The zero-order chi connectivity index (χ0) is 11.5. The van der Waals surface area contributed by atoms with Crippen molar-refractivity contribution in [1.82, 2.24) is 0 Å². The van der Waals surface area contributed by atoms with Crippen LogP contribution in [0, 0.1) is 5.92 Å². The van der Waals surface area contributed by atoms with Gasteiger partial charge in [0, 0.05) is 6.08 Å². The van der Waals surface area contributed by atoms with Crippen molar-refractivity contribution in [3.05, 3.63) is 25.0 Å². The SMILES string of the molecule is C=CC(=O)OC=CCC(CC)CCCC. The molecule has 15 heavy (non-hydrogen) atoms. The Kier molecular flexibility index (Phi) is 8.84. The summed E-state index contributed by atoms with van der Waals surface area (Å²) < 4.78 is 4.75. The summed E-state index contributed by atoms with van der Waals surface area (Å²) in [6.45, 7) is 7.72. The minimum Gasteiger partial charge on any atom is -0.432 e. The summed E-state index contributed by atoms with van der Waals surface area (Å²) in [5, 5.41) is 0. The van der Waals surface area contributed by atoms with Gasteiger partial charge in [0.05, 0.1) is 6.26 Å². The Labute approximate surface area is 93.0 Å². The third-order valence-electron chi connectivity index (χ3n) is 2.46.